The topological polar surface area (TPSA) is 85.8 Å². The van der Waals surface area contributed by atoms with Crippen LogP contribution in [0.5, 0.6) is 0 Å². The highest BCUT2D eigenvalue weighted by Crippen LogP contribution is 2.27. The number of carbonyl (C=O) groups excluding carboxylic acids is 1. The maximum Gasteiger partial charge on any atom is 0.220 e. The molecule has 0 saturated heterocycles. The van der Waals surface area contributed by atoms with Gasteiger partial charge in [0.1, 0.15) is 0 Å². The third-order valence-corrected chi connectivity index (χ3v) is 5.03. The van der Waals surface area contributed by atoms with Crippen molar-refractivity contribution in [2.75, 3.05) is 19.6 Å². The molecule has 0 atom stereocenters. The number of aliphatic hydroxyl groups is 1. The molecule has 0 unspecified atom stereocenters. The van der Waals surface area contributed by atoms with Crippen molar-refractivity contribution in [1.82, 2.24) is 16.0 Å². The number of hydrogen-bond donors (Lipinski definition) is 4. The molecular weight excluding hydrogens is 431 g/mol. The van der Waals surface area contributed by atoms with Crippen LogP contribution in [0.4, 0.5) is 0 Å². The van der Waals surface area contributed by atoms with Crippen molar-refractivity contribution in [1.29, 1.82) is 0 Å². The fraction of sp³-hybridized carbons (Fsp3) is 0.889. The zero-order valence-corrected chi connectivity index (χ0v) is 17.8. The van der Waals surface area contributed by atoms with Crippen LogP contribution in [0.15, 0.2) is 4.99 Å². The van der Waals surface area contributed by atoms with Crippen molar-refractivity contribution in [2.45, 2.75) is 76.9 Å². The molecule has 0 spiro atoms. The van der Waals surface area contributed by atoms with E-state index in [9.17, 15) is 9.90 Å². The van der Waals surface area contributed by atoms with Crippen molar-refractivity contribution in [3.63, 3.8) is 0 Å². The lowest BCUT2D eigenvalue weighted by atomic mass is 9.93. The Hall–Kier alpha value is -0.570. The van der Waals surface area contributed by atoms with Crippen molar-refractivity contribution in [3.8, 4) is 0 Å². The highest BCUT2D eigenvalue weighted by atomic mass is 127. The van der Waals surface area contributed by atoms with Gasteiger partial charge in [-0.15, -0.1) is 24.0 Å². The summed E-state index contributed by atoms with van der Waals surface area (Å²) in [6.45, 7) is 4.03. The number of rotatable bonds is 7. The predicted molar refractivity (Wildman–Crippen MR) is 112 cm³/mol. The number of hydrogen-bond acceptors (Lipinski definition) is 3. The molecule has 0 aromatic rings. The van der Waals surface area contributed by atoms with Gasteiger partial charge in [-0.25, -0.2) is 0 Å². The van der Waals surface area contributed by atoms with E-state index in [-0.39, 0.29) is 36.0 Å². The van der Waals surface area contributed by atoms with Crippen LogP contribution < -0.4 is 16.0 Å². The summed E-state index contributed by atoms with van der Waals surface area (Å²) in [6.07, 6.45) is 9.16. The Bertz CT molecular complexity index is 406. The van der Waals surface area contributed by atoms with Crippen LogP contribution in [0.3, 0.4) is 0 Å². The van der Waals surface area contributed by atoms with Crippen LogP contribution in [0.2, 0.25) is 0 Å². The average Bonchev–Trinajstić information content (AvgIpc) is 3.06. The van der Waals surface area contributed by atoms with Crippen molar-refractivity contribution < 1.29 is 9.90 Å². The van der Waals surface area contributed by atoms with Crippen LogP contribution >= 0.6 is 24.0 Å². The van der Waals surface area contributed by atoms with Gasteiger partial charge in [-0.05, 0) is 51.4 Å². The Labute approximate surface area is 169 Å². The Kier molecular flexibility index (Phi) is 11.4. The fourth-order valence-corrected chi connectivity index (χ4v) is 3.65. The molecule has 1 amide bonds. The largest absolute Gasteiger partial charge is 0.393 e. The maximum atomic E-state index is 11.9. The van der Waals surface area contributed by atoms with Crippen LogP contribution in [0.25, 0.3) is 0 Å². The number of guanidine groups is 1. The maximum absolute atomic E-state index is 11.9. The number of halogens is 1. The monoisotopic (exact) mass is 466 g/mol. The molecule has 7 heteroatoms. The van der Waals surface area contributed by atoms with Crippen LogP contribution in [0, 0.1) is 5.92 Å². The lowest BCUT2D eigenvalue weighted by Gasteiger charge is -2.27. The molecular formula is C18H35IN4O2. The summed E-state index contributed by atoms with van der Waals surface area (Å²) in [5.74, 6) is 1.56. The van der Waals surface area contributed by atoms with Crippen molar-refractivity contribution in [3.05, 3.63) is 0 Å². The molecule has 146 valence electrons. The molecule has 6 nitrogen and oxygen atoms in total. The van der Waals surface area contributed by atoms with Gasteiger partial charge in [0, 0.05) is 25.6 Å². The summed E-state index contributed by atoms with van der Waals surface area (Å²) in [4.78, 5) is 16.5. The molecule has 2 rings (SSSR count). The molecule has 25 heavy (non-hydrogen) atoms. The van der Waals surface area contributed by atoms with Gasteiger partial charge < -0.3 is 21.1 Å². The van der Waals surface area contributed by atoms with E-state index in [1.165, 1.54) is 25.7 Å². The third kappa shape index (κ3) is 9.08. The van der Waals surface area contributed by atoms with Crippen LogP contribution in [0.1, 0.15) is 64.7 Å². The second kappa shape index (κ2) is 12.7. The Morgan fingerprint density at radius 1 is 1.08 bits per heavy atom. The fourth-order valence-electron chi connectivity index (χ4n) is 3.65. The van der Waals surface area contributed by atoms with Gasteiger partial charge in [0.2, 0.25) is 5.91 Å². The number of aliphatic hydroxyl groups excluding tert-OH is 1. The van der Waals surface area contributed by atoms with Gasteiger partial charge in [0.15, 0.2) is 5.96 Å². The first kappa shape index (κ1) is 22.5. The normalized spacial score (nSPS) is 24.5. The minimum Gasteiger partial charge on any atom is -0.393 e. The average molecular weight is 466 g/mol. The molecule has 0 aromatic heterocycles. The molecule has 2 aliphatic carbocycles. The minimum atomic E-state index is -0.141. The van der Waals surface area contributed by atoms with Gasteiger partial charge in [-0.1, -0.05) is 12.8 Å². The van der Waals surface area contributed by atoms with E-state index in [1.54, 1.807) is 0 Å². The molecule has 0 radical (unpaired) electrons. The first-order valence-corrected chi connectivity index (χ1v) is 9.67. The van der Waals surface area contributed by atoms with E-state index >= 15 is 0 Å². The van der Waals surface area contributed by atoms with E-state index in [0.717, 1.165) is 38.2 Å². The van der Waals surface area contributed by atoms with E-state index in [4.69, 9.17) is 0 Å². The Morgan fingerprint density at radius 3 is 2.40 bits per heavy atom. The highest BCUT2D eigenvalue weighted by Gasteiger charge is 2.20. The van der Waals surface area contributed by atoms with Crippen molar-refractivity contribution in [2.24, 2.45) is 10.9 Å². The lowest BCUT2D eigenvalue weighted by Crippen LogP contribution is -2.45. The predicted octanol–water partition coefficient (Wildman–Crippen LogP) is 2.16. The van der Waals surface area contributed by atoms with Crippen molar-refractivity contribution >= 4 is 35.8 Å². The summed E-state index contributed by atoms with van der Waals surface area (Å²) < 4.78 is 0. The Morgan fingerprint density at radius 2 is 1.76 bits per heavy atom. The van der Waals surface area contributed by atoms with E-state index in [0.29, 0.717) is 31.5 Å². The molecule has 0 aromatic carbocycles. The zero-order chi connectivity index (χ0) is 17.2. The first-order chi connectivity index (χ1) is 11.7. The number of nitrogens with one attached hydrogen (secondary N) is 3. The quantitative estimate of drug-likeness (QED) is 0.201. The van der Waals surface area contributed by atoms with Crippen LogP contribution in [-0.2, 0) is 4.79 Å². The summed E-state index contributed by atoms with van der Waals surface area (Å²) in [6, 6.07) is 0.378. The zero-order valence-electron chi connectivity index (χ0n) is 15.4. The SMILES string of the molecule is CCNC(=NCCNC(=O)CC1CCCC1)NC1CCC(O)CC1.I. The molecule has 0 aliphatic heterocycles. The second-order valence-corrected chi connectivity index (χ2v) is 7.12. The first-order valence-electron chi connectivity index (χ1n) is 9.67. The van der Waals surface area contributed by atoms with Gasteiger partial charge in [-0.3, -0.25) is 9.79 Å². The summed E-state index contributed by atoms with van der Waals surface area (Å²) >= 11 is 0. The Balaban J connectivity index is 0.00000312. The molecule has 2 aliphatic rings. The number of amides is 1. The third-order valence-electron chi connectivity index (χ3n) is 5.03. The lowest BCUT2D eigenvalue weighted by molar-refractivity contribution is -0.121. The number of carbonyl (C=O) groups is 1. The van der Waals surface area contributed by atoms with Gasteiger partial charge in [-0.2, -0.15) is 0 Å². The van der Waals surface area contributed by atoms with E-state index in [1.807, 2.05) is 6.92 Å². The molecule has 2 saturated carbocycles. The molecule has 0 bridgehead atoms. The smallest absolute Gasteiger partial charge is 0.220 e. The molecule has 4 N–H and O–H groups in total. The standard InChI is InChI=1S/C18H34N4O2.HI/c1-2-19-18(22-15-7-9-16(23)10-8-15)21-12-11-20-17(24)13-14-5-3-4-6-14;/h14-16,23H,2-13H2,1H3,(H,20,24)(H2,19,21,22);1H. The minimum absolute atomic E-state index is 0. The number of aliphatic imine (C=N–C) groups is 1. The van der Waals surface area contributed by atoms with E-state index < -0.39 is 0 Å². The highest BCUT2D eigenvalue weighted by molar-refractivity contribution is 14.0. The van der Waals surface area contributed by atoms with Gasteiger partial charge >= 0.3 is 0 Å². The number of nitrogens with zero attached hydrogens (tertiary/aromatic N) is 1. The van der Waals surface area contributed by atoms with E-state index in [2.05, 4.69) is 20.9 Å². The molecule has 0 heterocycles. The summed E-state index contributed by atoms with van der Waals surface area (Å²) in [5, 5.41) is 19.3. The van der Waals surface area contributed by atoms with Crippen LogP contribution in [-0.4, -0.2) is 48.8 Å². The summed E-state index contributed by atoms with van der Waals surface area (Å²) in [5.41, 5.74) is 0. The molecule has 2 fully saturated rings. The van der Waals surface area contributed by atoms with Gasteiger partial charge in [0.05, 0.1) is 12.6 Å². The second-order valence-electron chi connectivity index (χ2n) is 7.12. The summed E-state index contributed by atoms with van der Waals surface area (Å²) in [7, 11) is 0. The van der Waals surface area contributed by atoms with Gasteiger partial charge in [0.25, 0.3) is 0 Å².